The zero-order valence-corrected chi connectivity index (χ0v) is 22.1. The van der Waals surface area contributed by atoms with Gasteiger partial charge >= 0.3 is 12.4 Å². The molecular formula is C24H20F8N2O5S2. The third-order valence-electron chi connectivity index (χ3n) is 6.56. The fourth-order valence-corrected chi connectivity index (χ4v) is 7.20. The van der Waals surface area contributed by atoms with Crippen molar-refractivity contribution in [2.75, 3.05) is 11.8 Å². The summed E-state index contributed by atoms with van der Waals surface area (Å²) in [5, 5.41) is 0. The topological polar surface area (TPSA) is 94.5 Å². The van der Waals surface area contributed by atoms with E-state index in [-0.39, 0.29) is 16.1 Å². The van der Waals surface area contributed by atoms with Gasteiger partial charge in [-0.25, -0.2) is 29.6 Å². The van der Waals surface area contributed by atoms with E-state index >= 15 is 0 Å². The first-order valence-electron chi connectivity index (χ1n) is 12.8. The molecule has 0 saturated carbocycles. The first kappa shape index (κ1) is 26.7. The minimum absolute atomic E-state index is 0.110. The van der Waals surface area contributed by atoms with E-state index < -0.39 is 108 Å². The number of nitrogens with zero attached hydrogens (tertiary/aromatic N) is 1. The highest BCUT2D eigenvalue weighted by atomic mass is 32.2. The predicted octanol–water partition coefficient (Wildman–Crippen LogP) is 5.57. The van der Waals surface area contributed by atoms with Crippen molar-refractivity contribution in [3.63, 3.8) is 0 Å². The van der Waals surface area contributed by atoms with Crippen LogP contribution in [0.4, 0.5) is 40.8 Å². The van der Waals surface area contributed by atoms with Gasteiger partial charge in [0, 0.05) is 31.4 Å². The summed E-state index contributed by atoms with van der Waals surface area (Å²) in [5.74, 6) is -3.93. The largest absolute Gasteiger partial charge is 0.419 e. The fourth-order valence-electron chi connectivity index (χ4n) is 4.37. The number of fused-ring (bicyclic) bond motifs is 1. The van der Waals surface area contributed by atoms with E-state index in [0.717, 1.165) is 12.1 Å². The lowest BCUT2D eigenvalue weighted by molar-refractivity contribution is -0.273. The number of sulfonamides is 1. The van der Waals surface area contributed by atoms with Crippen molar-refractivity contribution in [1.82, 2.24) is 3.97 Å². The van der Waals surface area contributed by atoms with Gasteiger partial charge in [0.05, 0.1) is 20.3 Å². The maximum Gasteiger partial charge on any atom is 0.419 e. The number of anilines is 1. The maximum absolute atomic E-state index is 14.5. The Morgan fingerprint density at radius 2 is 1.63 bits per heavy atom. The zero-order chi connectivity index (χ0) is 33.3. The summed E-state index contributed by atoms with van der Waals surface area (Å²) in [7, 11) is -13.7. The van der Waals surface area contributed by atoms with Crippen LogP contribution in [0, 0.1) is 18.6 Å². The van der Waals surface area contributed by atoms with E-state index in [0.29, 0.717) is 11.8 Å². The molecule has 7 nitrogen and oxygen atoms in total. The van der Waals surface area contributed by atoms with Crippen LogP contribution >= 0.6 is 0 Å². The van der Waals surface area contributed by atoms with Crippen molar-refractivity contribution in [3.05, 3.63) is 76.6 Å². The van der Waals surface area contributed by atoms with Gasteiger partial charge in [-0.3, -0.25) is 4.72 Å². The number of ether oxygens (including phenoxy) is 1. The molecule has 1 heterocycles. The van der Waals surface area contributed by atoms with Crippen LogP contribution in [-0.2, 0) is 43.8 Å². The number of aryl methyl sites for hydroxylation is 1. The predicted molar refractivity (Wildman–Crippen MR) is 128 cm³/mol. The summed E-state index contributed by atoms with van der Waals surface area (Å²) in [4.78, 5) is -1.54. The van der Waals surface area contributed by atoms with E-state index in [1.165, 1.54) is 16.9 Å². The lowest BCUT2D eigenvalue weighted by Crippen LogP contribution is -2.51. The second-order valence-electron chi connectivity index (χ2n) is 9.22. The highest BCUT2D eigenvalue weighted by Gasteiger charge is 2.58. The van der Waals surface area contributed by atoms with Gasteiger partial charge in [-0.05, 0) is 43.5 Å². The average molecular weight is 636 g/mol. The lowest BCUT2D eigenvalue weighted by atomic mass is 9.83. The minimum atomic E-state index is -5.40. The Hall–Kier alpha value is -3.18. The number of aromatic nitrogens is 1. The number of halogens is 8. The number of methoxy groups -OCH3 is 1. The summed E-state index contributed by atoms with van der Waals surface area (Å²) < 4.78 is 192. The zero-order valence-electron chi connectivity index (χ0n) is 23.5. The van der Waals surface area contributed by atoms with Crippen molar-refractivity contribution in [2.24, 2.45) is 0 Å². The number of hydrogen-bond donors (Lipinski definition) is 1. The van der Waals surface area contributed by atoms with E-state index in [2.05, 4.69) is 4.74 Å². The molecule has 1 aliphatic carbocycles. The Kier molecular flexibility index (Phi) is 6.50. The Bertz CT molecular complexity index is 1820. The molecule has 0 aliphatic heterocycles. The first-order chi connectivity index (χ1) is 19.9. The molecule has 3 aromatic rings. The van der Waals surface area contributed by atoms with Crippen LogP contribution in [-0.4, -0.2) is 39.6 Å². The molecule has 0 spiro atoms. The molecule has 4 rings (SSSR count). The molecule has 1 aliphatic rings. The third kappa shape index (κ3) is 5.41. The quantitative estimate of drug-likeness (QED) is 0.358. The van der Waals surface area contributed by atoms with Crippen LogP contribution in [0.3, 0.4) is 0 Å². The number of benzene rings is 2. The van der Waals surface area contributed by atoms with Crippen LogP contribution in [0.5, 0.6) is 0 Å². The summed E-state index contributed by atoms with van der Waals surface area (Å²) >= 11 is 0. The number of hydrogen-bond acceptors (Lipinski definition) is 5. The number of nitrogens with one attached hydrogen (secondary N) is 1. The Morgan fingerprint density at radius 1 is 1.00 bits per heavy atom. The van der Waals surface area contributed by atoms with Gasteiger partial charge in [0.1, 0.15) is 16.5 Å². The smallest absolute Gasteiger partial charge is 0.368 e. The SMILES string of the molecule is [2H]C([2H])([2H])O[C@@]1(C(F)(F)F)CCc2c(S(=O)(=O)Nc3cc(F)c(C(F)(F)F)cc3F)cn(S(=O)(=O)c3ccc(C)cc3)c2C1. The van der Waals surface area contributed by atoms with Crippen LogP contribution in [0.25, 0.3) is 0 Å². The van der Waals surface area contributed by atoms with E-state index in [1.54, 1.807) is 6.92 Å². The van der Waals surface area contributed by atoms with Gasteiger partial charge in [-0.2, -0.15) is 26.3 Å². The number of rotatable bonds is 6. The van der Waals surface area contributed by atoms with Gasteiger partial charge in [-0.15, -0.1) is 0 Å². The Labute approximate surface area is 233 Å². The molecule has 0 fully saturated rings. The highest BCUT2D eigenvalue weighted by molar-refractivity contribution is 7.93. The van der Waals surface area contributed by atoms with Gasteiger partial charge in [0.2, 0.25) is 0 Å². The van der Waals surface area contributed by atoms with E-state index in [9.17, 15) is 52.0 Å². The molecule has 1 N–H and O–H groups in total. The summed E-state index contributed by atoms with van der Waals surface area (Å²) in [6, 6.07) is 4.38. The van der Waals surface area contributed by atoms with Crippen molar-refractivity contribution in [1.29, 1.82) is 0 Å². The summed E-state index contributed by atoms with van der Waals surface area (Å²) in [6.07, 6.45) is -14.0. The molecule has 41 heavy (non-hydrogen) atoms. The summed E-state index contributed by atoms with van der Waals surface area (Å²) in [5.41, 5.74) is -7.68. The fraction of sp³-hybridized carbons (Fsp3) is 0.333. The standard InChI is InChI=1S/C24H20F8N2O5S2/c1-13-3-5-14(6-4-13)41(37,38)34-12-21(15-7-8-22(39-2,11-20(15)34)24(30,31)32)40(35,36)33-19-10-17(25)16(9-18(19)26)23(27,28)29/h3-6,9-10,12,33H,7-8,11H2,1-2H3/t22-/m0/s1/i2D3. The second-order valence-corrected chi connectivity index (χ2v) is 12.7. The minimum Gasteiger partial charge on any atom is -0.368 e. The normalized spacial score (nSPS) is 19.7. The molecule has 2 aromatic carbocycles. The van der Waals surface area contributed by atoms with Crippen LogP contribution in [0.15, 0.2) is 52.4 Å². The Balaban J connectivity index is 1.92. The molecular weight excluding hydrogens is 612 g/mol. The molecule has 224 valence electrons. The molecule has 0 saturated heterocycles. The molecule has 17 heteroatoms. The molecule has 0 unspecified atom stereocenters. The van der Waals surface area contributed by atoms with Crippen molar-refractivity contribution < 1.29 is 60.8 Å². The lowest BCUT2D eigenvalue weighted by Gasteiger charge is -2.38. The molecule has 1 atom stereocenters. The average Bonchev–Trinajstić information content (AvgIpc) is 3.24. The van der Waals surface area contributed by atoms with Gasteiger partial charge < -0.3 is 4.74 Å². The maximum atomic E-state index is 14.5. The van der Waals surface area contributed by atoms with Crippen molar-refractivity contribution >= 4 is 25.7 Å². The van der Waals surface area contributed by atoms with Crippen LogP contribution < -0.4 is 4.72 Å². The third-order valence-corrected chi connectivity index (χ3v) is 9.69. The molecule has 0 radical (unpaired) electrons. The van der Waals surface area contributed by atoms with Crippen LogP contribution in [0.2, 0.25) is 0 Å². The monoisotopic (exact) mass is 635 g/mol. The van der Waals surface area contributed by atoms with E-state index in [4.69, 9.17) is 4.11 Å². The molecule has 0 bridgehead atoms. The first-order valence-corrected chi connectivity index (χ1v) is 14.2. The molecule has 0 amide bonds. The molecule has 1 aromatic heterocycles. The van der Waals surface area contributed by atoms with E-state index in [1.807, 2.05) is 0 Å². The summed E-state index contributed by atoms with van der Waals surface area (Å²) in [6.45, 7) is 1.59. The van der Waals surface area contributed by atoms with Gasteiger partial charge in [0.15, 0.2) is 5.60 Å². The van der Waals surface area contributed by atoms with Gasteiger partial charge in [-0.1, -0.05) is 17.7 Å². The Morgan fingerprint density at radius 3 is 2.20 bits per heavy atom. The van der Waals surface area contributed by atoms with Gasteiger partial charge in [0.25, 0.3) is 20.0 Å². The number of alkyl halides is 6. The highest BCUT2D eigenvalue weighted by Crippen LogP contribution is 2.46. The van der Waals surface area contributed by atoms with Crippen molar-refractivity contribution in [3.8, 4) is 0 Å². The second kappa shape index (κ2) is 9.97. The van der Waals surface area contributed by atoms with Crippen molar-refractivity contribution in [2.45, 2.75) is 53.9 Å². The van der Waals surface area contributed by atoms with Crippen LogP contribution in [0.1, 0.15) is 32.9 Å².